The van der Waals surface area contributed by atoms with Gasteiger partial charge in [-0.3, -0.25) is 0 Å². The molecule has 0 saturated heterocycles. The Balaban J connectivity index is 4.45. The largest absolute Gasteiger partial charge is 0.394 e. The molecule has 2 N–H and O–H groups in total. The Morgan fingerprint density at radius 2 is 1.78 bits per heavy atom. The van der Waals surface area contributed by atoms with Gasteiger partial charge in [0.25, 0.3) is 0 Å². The summed E-state index contributed by atoms with van der Waals surface area (Å²) in [4.78, 5) is 2.42. The summed E-state index contributed by atoms with van der Waals surface area (Å²) in [6.07, 6.45) is 2.07. The standard InChI is InChI=1S/C15H34N2O/c1-8-9-16-15(6,11-18)10-13(4)17(7)14(5)12(2)3/h12-14,16,18H,8-11H2,1-7H3. The fourth-order valence-electron chi connectivity index (χ4n) is 2.29. The van der Waals surface area contributed by atoms with Gasteiger partial charge in [-0.1, -0.05) is 20.8 Å². The summed E-state index contributed by atoms with van der Waals surface area (Å²) in [6, 6.07) is 1.03. The number of rotatable bonds is 9. The third-order valence-electron chi connectivity index (χ3n) is 4.20. The molecular weight excluding hydrogens is 224 g/mol. The topological polar surface area (TPSA) is 35.5 Å². The van der Waals surface area contributed by atoms with Crippen LogP contribution in [0, 0.1) is 5.92 Å². The van der Waals surface area contributed by atoms with Gasteiger partial charge >= 0.3 is 0 Å². The first-order valence-electron chi connectivity index (χ1n) is 7.35. The average Bonchev–Trinajstić information content (AvgIpc) is 2.34. The zero-order valence-corrected chi connectivity index (χ0v) is 13.5. The molecule has 0 amide bonds. The van der Waals surface area contributed by atoms with E-state index in [1.165, 1.54) is 0 Å². The van der Waals surface area contributed by atoms with Crippen LogP contribution in [0.5, 0.6) is 0 Å². The maximum absolute atomic E-state index is 9.61. The van der Waals surface area contributed by atoms with Gasteiger partial charge in [0.15, 0.2) is 0 Å². The molecule has 0 aliphatic carbocycles. The minimum atomic E-state index is -0.166. The van der Waals surface area contributed by atoms with E-state index < -0.39 is 0 Å². The molecule has 18 heavy (non-hydrogen) atoms. The molecule has 0 bridgehead atoms. The molecule has 0 radical (unpaired) electrons. The number of hydrogen-bond donors (Lipinski definition) is 2. The number of aliphatic hydroxyl groups excluding tert-OH is 1. The fourth-order valence-corrected chi connectivity index (χ4v) is 2.29. The minimum absolute atomic E-state index is 0.166. The van der Waals surface area contributed by atoms with Crippen molar-refractivity contribution in [1.29, 1.82) is 0 Å². The Kier molecular flexibility index (Phi) is 8.08. The Labute approximate surface area is 114 Å². The first-order chi connectivity index (χ1) is 8.27. The van der Waals surface area contributed by atoms with Crippen molar-refractivity contribution in [3.05, 3.63) is 0 Å². The Morgan fingerprint density at radius 3 is 2.17 bits per heavy atom. The van der Waals surface area contributed by atoms with Crippen molar-refractivity contribution in [2.45, 2.75) is 72.0 Å². The van der Waals surface area contributed by atoms with E-state index in [0.29, 0.717) is 18.0 Å². The van der Waals surface area contributed by atoms with Gasteiger partial charge in [-0.15, -0.1) is 0 Å². The molecule has 0 aromatic carbocycles. The predicted octanol–water partition coefficient (Wildman–Crippen LogP) is 2.49. The van der Waals surface area contributed by atoms with Crippen molar-refractivity contribution >= 4 is 0 Å². The van der Waals surface area contributed by atoms with Gasteiger partial charge in [-0.2, -0.15) is 0 Å². The summed E-state index contributed by atoms with van der Waals surface area (Å²) in [5.74, 6) is 0.654. The highest BCUT2D eigenvalue weighted by Gasteiger charge is 2.28. The highest BCUT2D eigenvalue weighted by Crippen LogP contribution is 2.19. The van der Waals surface area contributed by atoms with Gasteiger partial charge in [0, 0.05) is 17.6 Å². The number of nitrogens with one attached hydrogen (secondary N) is 1. The highest BCUT2D eigenvalue weighted by molar-refractivity contribution is 4.87. The molecule has 3 atom stereocenters. The van der Waals surface area contributed by atoms with E-state index in [9.17, 15) is 5.11 Å². The van der Waals surface area contributed by atoms with Crippen LogP contribution in [-0.2, 0) is 0 Å². The third-order valence-corrected chi connectivity index (χ3v) is 4.20. The van der Waals surface area contributed by atoms with E-state index in [1.54, 1.807) is 0 Å². The molecule has 3 heteroatoms. The van der Waals surface area contributed by atoms with Crippen LogP contribution in [-0.4, -0.2) is 47.8 Å². The van der Waals surface area contributed by atoms with E-state index in [1.807, 2.05) is 0 Å². The van der Waals surface area contributed by atoms with Crippen LogP contribution in [0.1, 0.15) is 54.4 Å². The van der Waals surface area contributed by atoms with Gasteiger partial charge in [0.1, 0.15) is 0 Å². The molecule has 0 spiro atoms. The third kappa shape index (κ3) is 5.68. The normalized spacial score (nSPS) is 19.0. The van der Waals surface area contributed by atoms with Gasteiger partial charge in [-0.25, -0.2) is 0 Å². The summed E-state index contributed by atoms with van der Waals surface area (Å²) >= 11 is 0. The molecule has 0 aliphatic heterocycles. The van der Waals surface area contributed by atoms with Crippen LogP contribution in [0.4, 0.5) is 0 Å². The smallest absolute Gasteiger partial charge is 0.0611 e. The number of aliphatic hydroxyl groups is 1. The van der Waals surface area contributed by atoms with Crippen molar-refractivity contribution in [3.8, 4) is 0 Å². The van der Waals surface area contributed by atoms with E-state index in [0.717, 1.165) is 19.4 Å². The molecule has 3 nitrogen and oxygen atoms in total. The Morgan fingerprint density at radius 1 is 1.22 bits per heavy atom. The maximum Gasteiger partial charge on any atom is 0.0611 e. The lowest BCUT2D eigenvalue weighted by Gasteiger charge is -2.39. The van der Waals surface area contributed by atoms with Crippen LogP contribution in [0.3, 0.4) is 0 Å². The zero-order valence-electron chi connectivity index (χ0n) is 13.5. The van der Waals surface area contributed by atoms with Gasteiger partial charge in [-0.05, 0) is 53.1 Å². The highest BCUT2D eigenvalue weighted by atomic mass is 16.3. The number of hydrogen-bond acceptors (Lipinski definition) is 3. The van der Waals surface area contributed by atoms with Crippen molar-refractivity contribution in [1.82, 2.24) is 10.2 Å². The molecule has 0 saturated carbocycles. The molecule has 0 rings (SSSR count). The lowest BCUT2D eigenvalue weighted by molar-refractivity contribution is 0.0967. The molecular formula is C15H34N2O. The number of nitrogens with zero attached hydrogens (tertiary/aromatic N) is 1. The van der Waals surface area contributed by atoms with E-state index in [-0.39, 0.29) is 12.1 Å². The Hall–Kier alpha value is -0.120. The fraction of sp³-hybridized carbons (Fsp3) is 1.00. The monoisotopic (exact) mass is 258 g/mol. The van der Waals surface area contributed by atoms with E-state index in [2.05, 4.69) is 58.8 Å². The van der Waals surface area contributed by atoms with Crippen LogP contribution in [0.15, 0.2) is 0 Å². The molecule has 0 aromatic heterocycles. The minimum Gasteiger partial charge on any atom is -0.394 e. The van der Waals surface area contributed by atoms with Crippen molar-refractivity contribution in [3.63, 3.8) is 0 Å². The molecule has 0 aromatic rings. The predicted molar refractivity (Wildman–Crippen MR) is 79.9 cm³/mol. The summed E-state index contributed by atoms with van der Waals surface area (Å²) in [5.41, 5.74) is -0.166. The van der Waals surface area contributed by atoms with Crippen LogP contribution >= 0.6 is 0 Å². The van der Waals surface area contributed by atoms with Crippen LogP contribution in [0.2, 0.25) is 0 Å². The summed E-state index contributed by atoms with van der Waals surface area (Å²) < 4.78 is 0. The quantitative estimate of drug-likeness (QED) is 0.667. The van der Waals surface area contributed by atoms with E-state index >= 15 is 0 Å². The van der Waals surface area contributed by atoms with Crippen molar-refractivity contribution in [2.75, 3.05) is 20.2 Å². The average molecular weight is 258 g/mol. The summed E-state index contributed by atoms with van der Waals surface area (Å²) in [6.45, 7) is 14.5. The molecule has 0 aliphatic rings. The zero-order chi connectivity index (χ0) is 14.3. The summed E-state index contributed by atoms with van der Waals surface area (Å²) in [5, 5.41) is 13.1. The second-order valence-corrected chi connectivity index (χ2v) is 6.35. The van der Waals surface area contributed by atoms with E-state index in [4.69, 9.17) is 0 Å². The second kappa shape index (κ2) is 8.13. The molecule has 0 heterocycles. The Bertz CT molecular complexity index is 221. The molecule has 0 fully saturated rings. The first-order valence-corrected chi connectivity index (χ1v) is 7.35. The SMILES string of the molecule is CCCNC(C)(CO)CC(C)N(C)C(C)C(C)C. The van der Waals surface area contributed by atoms with Crippen molar-refractivity contribution < 1.29 is 5.11 Å². The molecule has 110 valence electrons. The second-order valence-electron chi connectivity index (χ2n) is 6.35. The lowest BCUT2D eigenvalue weighted by atomic mass is 9.92. The van der Waals surface area contributed by atoms with Crippen LogP contribution in [0.25, 0.3) is 0 Å². The van der Waals surface area contributed by atoms with Gasteiger partial charge in [0.2, 0.25) is 0 Å². The summed E-state index contributed by atoms with van der Waals surface area (Å²) in [7, 11) is 2.19. The maximum atomic E-state index is 9.61. The van der Waals surface area contributed by atoms with Crippen LogP contribution < -0.4 is 5.32 Å². The lowest BCUT2D eigenvalue weighted by Crippen LogP contribution is -2.52. The molecule has 3 unspecified atom stereocenters. The van der Waals surface area contributed by atoms with Gasteiger partial charge in [0.05, 0.1) is 6.61 Å². The van der Waals surface area contributed by atoms with Crippen molar-refractivity contribution in [2.24, 2.45) is 5.92 Å². The first kappa shape index (κ1) is 17.9. The van der Waals surface area contributed by atoms with Gasteiger partial charge < -0.3 is 15.3 Å².